The Kier molecular flexibility index (Phi) is 5.97. The minimum Gasteiger partial charge on any atom is -0.489 e. The lowest BCUT2D eigenvalue weighted by molar-refractivity contribution is -0.274. The van der Waals surface area contributed by atoms with Crippen LogP contribution in [-0.2, 0) is 9.84 Å². The molecule has 1 N–H and O–H groups in total. The summed E-state index contributed by atoms with van der Waals surface area (Å²) in [4.78, 5) is 0. The number of rotatable bonds is 7. The minimum atomic E-state index is -4.75. The Morgan fingerprint density at radius 3 is 2.38 bits per heavy atom. The summed E-state index contributed by atoms with van der Waals surface area (Å²) in [6, 6.07) is 4.96. The van der Waals surface area contributed by atoms with Gasteiger partial charge in [0.2, 0.25) is 0 Å². The van der Waals surface area contributed by atoms with Crippen molar-refractivity contribution in [3.05, 3.63) is 24.3 Å². The molecule has 1 aliphatic heterocycles. The molecular weight excluding hydrogens is 347 g/mol. The van der Waals surface area contributed by atoms with Crippen LogP contribution in [-0.4, -0.2) is 45.5 Å². The Bertz CT molecular complexity index is 625. The van der Waals surface area contributed by atoms with E-state index in [2.05, 4.69) is 10.1 Å². The Morgan fingerprint density at radius 1 is 1.25 bits per heavy atom. The summed E-state index contributed by atoms with van der Waals surface area (Å²) in [6.45, 7) is 3.01. The van der Waals surface area contributed by atoms with Crippen LogP contribution in [0.15, 0.2) is 24.3 Å². The molecule has 1 fully saturated rings. The molecule has 0 bridgehead atoms. The van der Waals surface area contributed by atoms with Gasteiger partial charge in [0.25, 0.3) is 0 Å². The van der Waals surface area contributed by atoms with E-state index in [4.69, 9.17) is 4.74 Å². The van der Waals surface area contributed by atoms with Crippen LogP contribution in [0.3, 0.4) is 0 Å². The van der Waals surface area contributed by atoms with Gasteiger partial charge < -0.3 is 14.8 Å². The number of ether oxygens (including phenoxy) is 2. The number of sulfone groups is 1. The molecule has 2 rings (SSSR count). The molecule has 0 unspecified atom stereocenters. The fourth-order valence-corrected chi connectivity index (χ4v) is 3.60. The van der Waals surface area contributed by atoms with E-state index in [0.717, 1.165) is 25.1 Å². The topological polar surface area (TPSA) is 64.6 Å². The summed E-state index contributed by atoms with van der Waals surface area (Å²) in [5.74, 6) is -0.0950. The van der Waals surface area contributed by atoms with Gasteiger partial charge in [-0.3, -0.25) is 0 Å². The molecule has 0 saturated carbocycles. The van der Waals surface area contributed by atoms with E-state index in [-0.39, 0.29) is 23.2 Å². The highest BCUT2D eigenvalue weighted by Crippen LogP contribution is 2.27. The van der Waals surface area contributed by atoms with E-state index in [9.17, 15) is 21.6 Å². The van der Waals surface area contributed by atoms with Gasteiger partial charge in [-0.2, -0.15) is 0 Å². The molecule has 1 saturated heterocycles. The quantitative estimate of drug-likeness (QED) is 0.802. The van der Waals surface area contributed by atoms with Crippen molar-refractivity contribution in [3.8, 4) is 11.5 Å². The molecule has 0 spiro atoms. The molecule has 0 amide bonds. The molecule has 0 radical (unpaired) electrons. The standard InChI is InChI=1S/C15H20F3NO4S/c1-2-24(20,21)10-14(11-7-8-19-9-11)22-12-3-5-13(6-4-12)23-15(16,17)18/h3-6,11,14,19H,2,7-10H2,1H3/t11-,14+/m0/s1. The molecule has 2 atom stereocenters. The highest BCUT2D eigenvalue weighted by Gasteiger charge is 2.32. The zero-order valence-corrected chi connectivity index (χ0v) is 14.0. The molecule has 1 aromatic carbocycles. The lowest BCUT2D eigenvalue weighted by Gasteiger charge is -2.24. The second-order valence-electron chi connectivity index (χ2n) is 5.63. The summed E-state index contributed by atoms with van der Waals surface area (Å²) in [7, 11) is -3.23. The second kappa shape index (κ2) is 7.60. The molecule has 1 aliphatic rings. The average Bonchev–Trinajstić information content (AvgIpc) is 3.01. The summed E-state index contributed by atoms with van der Waals surface area (Å²) < 4.78 is 69.9. The first-order valence-corrected chi connectivity index (χ1v) is 9.44. The maximum absolute atomic E-state index is 12.2. The molecule has 136 valence electrons. The van der Waals surface area contributed by atoms with E-state index in [1.165, 1.54) is 12.1 Å². The number of halogens is 3. The zero-order chi connectivity index (χ0) is 17.8. The van der Waals surface area contributed by atoms with E-state index < -0.39 is 22.3 Å². The van der Waals surface area contributed by atoms with E-state index in [0.29, 0.717) is 12.3 Å². The van der Waals surface area contributed by atoms with Gasteiger partial charge in [-0.25, -0.2) is 8.42 Å². The molecule has 1 aromatic rings. The summed E-state index contributed by atoms with van der Waals surface area (Å²) in [5.41, 5.74) is 0. The van der Waals surface area contributed by atoms with Gasteiger partial charge in [-0.15, -0.1) is 13.2 Å². The van der Waals surface area contributed by atoms with Crippen LogP contribution in [0, 0.1) is 5.92 Å². The van der Waals surface area contributed by atoms with Crippen LogP contribution in [0.1, 0.15) is 13.3 Å². The Labute approximate surface area is 139 Å². The first-order chi connectivity index (χ1) is 11.2. The van der Waals surface area contributed by atoms with Crippen LogP contribution in [0.2, 0.25) is 0 Å². The molecule has 1 heterocycles. The third kappa shape index (κ3) is 5.86. The first kappa shape index (κ1) is 18.9. The van der Waals surface area contributed by atoms with Crippen molar-refractivity contribution in [1.29, 1.82) is 0 Å². The first-order valence-electron chi connectivity index (χ1n) is 7.62. The Hall–Kier alpha value is -1.48. The maximum Gasteiger partial charge on any atom is 0.573 e. The number of benzene rings is 1. The lowest BCUT2D eigenvalue weighted by Crippen LogP contribution is -2.36. The number of alkyl halides is 3. The average molecular weight is 367 g/mol. The van der Waals surface area contributed by atoms with Crippen LogP contribution >= 0.6 is 0 Å². The maximum atomic E-state index is 12.2. The molecular formula is C15H20F3NO4S. The summed E-state index contributed by atoms with van der Waals surface area (Å²) >= 11 is 0. The Balaban J connectivity index is 2.08. The highest BCUT2D eigenvalue weighted by atomic mass is 32.2. The minimum absolute atomic E-state index is 0.0192. The van der Waals surface area contributed by atoms with Crippen molar-refractivity contribution >= 4 is 9.84 Å². The normalized spacial score (nSPS) is 19.9. The van der Waals surface area contributed by atoms with Crippen molar-refractivity contribution in [2.75, 3.05) is 24.6 Å². The lowest BCUT2D eigenvalue weighted by atomic mass is 10.0. The smallest absolute Gasteiger partial charge is 0.489 e. The summed E-state index contributed by atoms with van der Waals surface area (Å²) in [5, 5.41) is 3.16. The van der Waals surface area contributed by atoms with Crippen LogP contribution in [0.5, 0.6) is 11.5 Å². The fourth-order valence-electron chi connectivity index (χ4n) is 2.52. The van der Waals surface area contributed by atoms with Crippen molar-refractivity contribution in [3.63, 3.8) is 0 Å². The van der Waals surface area contributed by atoms with E-state index >= 15 is 0 Å². The fraction of sp³-hybridized carbons (Fsp3) is 0.600. The van der Waals surface area contributed by atoms with E-state index in [1.807, 2.05) is 0 Å². The van der Waals surface area contributed by atoms with Crippen molar-refractivity contribution in [2.24, 2.45) is 5.92 Å². The van der Waals surface area contributed by atoms with Gasteiger partial charge in [-0.05, 0) is 37.2 Å². The predicted octanol–water partition coefficient (Wildman–Crippen LogP) is 2.38. The molecule has 24 heavy (non-hydrogen) atoms. The third-order valence-corrected chi connectivity index (χ3v) is 5.54. The zero-order valence-electron chi connectivity index (χ0n) is 13.2. The summed E-state index contributed by atoms with van der Waals surface area (Å²) in [6.07, 6.45) is -4.51. The van der Waals surface area contributed by atoms with Crippen LogP contribution in [0.25, 0.3) is 0 Å². The molecule has 9 heteroatoms. The van der Waals surface area contributed by atoms with Gasteiger partial charge in [0.05, 0.1) is 5.75 Å². The molecule has 5 nitrogen and oxygen atoms in total. The van der Waals surface area contributed by atoms with Crippen molar-refractivity contribution < 1.29 is 31.1 Å². The number of hydrogen-bond acceptors (Lipinski definition) is 5. The second-order valence-corrected chi connectivity index (χ2v) is 8.03. The van der Waals surface area contributed by atoms with Gasteiger partial charge in [0, 0.05) is 18.2 Å². The van der Waals surface area contributed by atoms with Gasteiger partial charge in [0.1, 0.15) is 17.6 Å². The molecule has 0 aliphatic carbocycles. The monoisotopic (exact) mass is 367 g/mol. The molecule has 0 aromatic heterocycles. The van der Waals surface area contributed by atoms with Gasteiger partial charge in [0.15, 0.2) is 9.84 Å². The SMILES string of the molecule is CCS(=O)(=O)C[C@@H](Oc1ccc(OC(F)(F)F)cc1)[C@H]1CCNC1. The highest BCUT2D eigenvalue weighted by molar-refractivity contribution is 7.91. The third-order valence-electron chi connectivity index (χ3n) is 3.83. The van der Waals surface area contributed by atoms with Crippen molar-refractivity contribution in [2.45, 2.75) is 25.8 Å². The van der Waals surface area contributed by atoms with Gasteiger partial charge in [-0.1, -0.05) is 6.92 Å². The predicted molar refractivity (Wildman–Crippen MR) is 82.8 cm³/mol. The van der Waals surface area contributed by atoms with Crippen LogP contribution in [0.4, 0.5) is 13.2 Å². The van der Waals surface area contributed by atoms with Crippen molar-refractivity contribution in [1.82, 2.24) is 5.32 Å². The van der Waals surface area contributed by atoms with Crippen LogP contribution < -0.4 is 14.8 Å². The van der Waals surface area contributed by atoms with Gasteiger partial charge >= 0.3 is 6.36 Å². The van der Waals surface area contributed by atoms with E-state index in [1.54, 1.807) is 6.92 Å². The Morgan fingerprint density at radius 2 is 1.88 bits per heavy atom. The number of hydrogen-bond donors (Lipinski definition) is 1. The number of nitrogens with one attached hydrogen (secondary N) is 1. The largest absolute Gasteiger partial charge is 0.573 e.